The second-order valence-corrected chi connectivity index (χ2v) is 8.25. The summed E-state index contributed by atoms with van der Waals surface area (Å²) in [5.74, 6) is 0.311. The van der Waals surface area contributed by atoms with Gasteiger partial charge >= 0.3 is 29.6 Å². The maximum absolute atomic E-state index is 13.6. The Morgan fingerprint density at radius 2 is 1.50 bits per heavy atom. The van der Waals surface area contributed by atoms with Crippen LogP contribution in [-0.2, 0) is 11.2 Å². The third-order valence-electron chi connectivity index (χ3n) is 5.47. The number of Topliss-reactive ketones (excluding diaryl/α,β-unsaturated/α-hetero) is 1. The van der Waals surface area contributed by atoms with Gasteiger partial charge in [-0.05, 0) is 73.5 Å². The maximum atomic E-state index is 13.6. The number of fused-ring (bicyclic) bond motifs is 1. The molecule has 0 spiro atoms. The van der Waals surface area contributed by atoms with Crippen LogP contribution in [0.5, 0.6) is 23.0 Å². The minimum absolute atomic E-state index is 0. The van der Waals surface area contributed by atoms with Gasteiger partial charge in [0.1, 0.15) is 11.5 Å². The Labute approximate surface area is 231 Å². The van der Waals surface area contributed by atoms with E-state index in [2.05, 4.69) is 0 Å². The molecular weight excluding hydrogens is 471 g/mol. The fraction of sp³-hybridized carbons (Fsp3) is 0.214. The number of hydrogen-bond donors (Lipinski definition) is 0. The number of carbonyl (C=O) groups is 2. The zero-order valence-corrected chi connectivity index (χ0v) is 22.7. The molecule has 0 saturated heterocycles. The van der Waals surface area contributed by atoms with Crippen molar-refractivity contribution in [3.8, 4) is 23.0 Å². The molecule has 0 bridgehead atoms. The minimum Gasteiger partial charge on any atom is -0.545 e. The van der Waals surface area contributed by atoms with Crippen LogP contribution in [0.3, 0.4) is 0 Å². The minimum atomic E-state index is -1.46. The standard InChI is InChI=1S/C28H26O7.Na/c1-17(2)35-22-9-4-18(5-10-22)14-23(27(29)19-6-11-21(32-3)12-7-19)26(28(30)31)20-8-13-24-25(15-20)34-16-33-24;/h4-13,15,17H,14,16H2,1-3H3,(H,30,31);/q;+1/p-1/b26-23+;. The van der Waals surface area contributed by atoms with Crippen molar-refractivity contribution in [2.24, 2.45) is 0 Å². The molecule has 1 aliphatic heterocycles. The Morgan fingerprint density at radius 1 is 0.889 bits per heavy atom. The zero-order chi connectivity index (χ0) is 24.9. The molecule has 3 aromatic carbocycles. The average molecular weight is 496 g/mol. The van der Waals surface area contributed by atoms with E-state index in [0.29, 0.717) is 34.1 Å². The van der Waals surface area contributed by atoms with E-state index >= 15 is 0 Å². The first-order chi connectivity index (χ1) is 16.9. The summed E-state index contributed by atoms with van der Waals surface area (Å²) in [6.07, 6.45) is 0.0913. The predicted octanol–water partition coefficient (Wildman–Crippen LogP) is 0.844. The number of aliphatic carboxylic acids is 1. The van der Waals surface area contributed by atoms with Gasteiger partial charge in [0, 0.05) is 23.1 Å². The molecule has 180 valence electrons. The molecule has 0 aromatic heterocycles. The zero-order valence-electron chi connectivity index (χ0n) is 20.7. The number of allylic oxidation sites excluding steroid dienone is 1. The van der Waals surface area contributed by atoms with Crippen LogP contribution < -0.4 is 53.6 Å². The first-order valence-electron chi connectivity index (χ1n) is 11.1. The molecule has 0 unspecified atom stereocenters. The fourth-order valence-electron chi connectivity index (χ4n) is 3.83. The van der Waals surface area contributed by atoms with Gasteiger partial charge in [0.15, 0.2) is 17.3 Å². The summed E-state index contributed by atoms with van der Waals surface area (Å²) in [7, 11) is 1.53. The van der Waals surface area contributed by atoms with E-state index in [1.54, 1.807) is 54.6 Å². The Morgan fingerprint density at radius 3 is 2.11 bits per heavy atom. The molecule has 0 fully saturated rings. The van der Waals surface area contributed by atoms with Gasteiger partial charge in [0.25, 0.3) is 0 Å². The summed E-state index contributed by atoms with van der Waals surface area (Å²) in [5, 5.41) is 12.4. The third kappa shape index (κ3) is 6.29. The molecule has 0 atom stereocenters. The van der Waals surface area contributed by atoms with Crippen LogP contribution in [0.2, 0.25) is 0 Å². The number of rotatable bonds is 9. The van der Waals surface area contributed by atoms with Crippen LogP contribution in [-0.4, -0.2) is 31.8 Å². The van der Waals surface area contributed by atoms with Crippen LogP contribution in [0.15, 0.2) is 72.3 Å². The fourth-order valence-corrected chi connectivity index (χ4v) is 3.83. The number of carboxylic acid groups (broad SMARTS) is 1. The van der Waals surface area contributed by atoms with Crippen molar-refractivity contribution in [2.45, 2.75) is 26.4 Å². The van der Waals surface area contributed by atoms with Gasteiger partial charge in [-0.3, -0.25) is 4.79 Å². The Kier molecular flexibility index (Phi) is 9.20. The topological polar surface area (TPSA) is 94.1 Å². The first-order valence-corrected chi connectivity index (χ1v) is 11.1. The van der Waals surface area contributed by atoms with Gasteiger partial charge in [0.05, 0.1) is 19.2 Å². The molecule has 0 saturated carbocycles. The van der Waals surface area contributed by atoms with Gasteiger partial charge in [-0.25, -0.2) is 0 Å². The van der Waals surface area contributed by atoms with Crippen molar-refractivity contribution in [3.63, 3.8) is 0 Å². The quantitative estimate of drug-likeness (QED) is 0.246. The van der Waals surface area contributed by atoms with Gasteiger partial charge in [-0.15, -0.1) is 0 Å². The van der Waals surface area contributed by atoms with Crippen LogP contribution in [0, 0.1) is 0 Å². The molecular formula is C28H25NaO7. The summed E-state index contributed by atoms with van der Waals surface area (Å²) >= 11 is 0. The first kappa shape index (κ1) is 27.3. The third-order valence-corrected chi connectivity index (χ3v) is 5.47. The molecule has 0 aliphatic carbocycles. The van der Waals surface area contributed by atoms with Crippen LogP contribution in [0.25, 0.3) is 5.57 Å². The van der Waals surface area contributed by atoms with E-state index < -0.39 is 11.8 Å². The maximum Gasteiger partial charge on any atom is 1.00 e. The Bertz CT molecular complexity index is 1260. The second-order valence-electron chi connectivity index (χ2n) is 8.25. The normalized spacial score (nSPS) is 12.4. The molecule has 0 amide bonds. The Hall–Kier alpha value is -3.26. The van der Waals surface area contributed by atoms with Crippen LogP contribution in [0.4, 0.5) is 0 Å². The number of carbonyl (C=O) groups excluding carboxylic acids is 2. The smallest absolute Gasteiger partial charge is 0.545 e. The largest absolute Gasteiger partial charge is 1.00 e. The molecule has 1 aliphatic rings. The summed E-state index contributed by atoms with van der Waals surface area (Å²) in [6, 6.07) is 18.5. The van der Waals surface area contributed by atoms with E-state index in [9.17, 15) is 14.7 Å². The summed E-state index contributed by atoms with van der Waals surface area (Å²) in [6.45, 7) is 3.91. The van der Waals surface area contributed by atoms with E-state index in [4.69, 9.17) is 18.9 Å². The van der Waals surface area contributed by atoms with E-state index in [-0.39, 0.29) is 60.0 Å². The van der Waals surface area contributed by atoms with Gasteiger partial charge in [-0.1, -0.05) is 18.2 Å². The number of methoxy groups -OCH3 is 1. The molecule has 7 nitrogen and oxygen atoms in total. The number of ketones is 1. The van der Waals surface area contributed by atoms with Gasteiger partial charge in [0.2, 0.25) is 6.79 Å². The van der Waals surface area contributed by atoms with Crippen molar-refractivity contribution in [3.05, 3.63) is 89.0 Å². The summed E-state index contributed by atoms with van der Waals surface area (Å²) < 4.78 is 21.6. The number of hydrogen-bond acceptors (Lipinski definition) is 7. The summed E-state index contributed by atoms with van der Waals surface area (Å²) in [5.41, 5.74) is 1.27. The van der Waals surface area contributed by atoms with Crippen molar-refractivity contribution in [2.75, 3.05) is 13.9 Å². The molecule has 1 heterocycles. The van der Waals surface area contributed by atoms with Gasteiger partial charge < -0.3 is 28.8 Å². The molecule has 0 N–H and O–H groups in total. The second kappa shape index (κ2) is 12.1. The Balaban J connectivity index is 0.00000361. The monoisotopic (exact) mass is 496 g/mol. The van der Waals surface area contributed by atoms with E-state index in [1.165, 1.54) is 7.11 Å². The average Bonchev–Trinajstić information content (AvgIpc) is 3.32. The van der Waals surface area contributed by atoms with Gasteiger partial charge in [-0.2, -0.15) is 0 Å². The van der Waals surface area contributed by atoms with Crippen molar-refractivity contribution in [1.82, 2.24) is 0 Å². The molecule has 8 heteroatoms. The SMILES string of the molecule is COc1ccc(C(=O)/C(Cc2ccc(OC(C)C)cc2)=C(/C(=O)[O-])c2ccc3c(c2)OCO3)cc1.[Na+]. The van der Waals surface area contributed by atoms with Crippen LogP contribution in [0.1, 0.15) is 35.3 Å². The van der Waals surface area contributed by atoms with E-state index in [0.717, 1.165) is 5.56 Å². The number of ether oxygens (including phenoxy) is 4. The van der Waals surface area contributed by atoms with E-state index in [1.807, 2.05) is 26.0 Å². The molecule has 4 rings (SSSR count). The number of benzene rings is 3. The van der Waals surface area contributed by atoms with Crippen molar-refractivity contribution < 1.29 is 63.2 Å². The number of carboxylic acids is 1. The molecule has 36 heavy (non-hydrogen) atoms. The summed E-state index contributed by atoms with van der Waals surface area (Å²) in [4.78, 5) is 26.1. The molecule has 3 aromatic rings. The predicted molar refractivity (Wildman–Crippen MR) is 128 cm³/mol. The molecule has 0 radical (unpaired) electrons. The van der Waals surface area contributed by atoms with Crippen molar-refractivity contribution in [1.29, 1.82) is 0 Å². The van der Waals surface area contributed by atoms with Crippen molar-refractivity contribution >= 4 is 17.3 Å². The van der Waals surface area contributed by atoms with Crippen LogP contribution >= 0.6 is 0 Å².